The molecule has 1 fully saturated rings. The lowest BCUT2D eigenvalue weighted by atomic mass is 9.99. The van der Waals surface area contributed by atoms with Crippen molar-refractivity contribution in [2.24, 2.45) is 11.3 Å². The highest BCUT2D eigenvalue weighted by atomic mass is 31.2. The number of ether oxygens (including phenoxy) is 1. The SMILES string of the molecule is C[C@H](NP(=O)(Oc1cccc2ccccc12)O[C@@H]1CC[C@H](O)[C@H]1CO)C(=O)OCC(C)(C)C. The summed E-state index contributed by atoms with van der Waals surface area (Å²) in [7, 11) is -4.12. The van der Waals surface area contributed by atoms with Gasteiger partial charge in [0, 0.05) is 11.3 Å². The highest BCUT2D eigenvalue weighted by molar-refractivity contribution is 7.52. The Kier molecular flexibility index (Phi) is 8.19. The first kappa shape index (κ1) is 25.7. The third-order valence-corrected chi connectivity index (χ3v) is 7.21. The van der Waals surface area contributed by atoms with Crippen molar-refractivity contribution in [1.82, 2.24) is 5.09 Å². The van der Waals surface area contributed by atoms with E-state index < -0.39 is 37.9 Å². The summed E-state index contributed by atoms with van der Waals surface area (Å²) in [6.07, 6.45) is -0.649. The fourth-order valence-corrected chi connectivity index (χ4v) is 5.52. The summed E-state index contributed by atoms with van der Waals surface area (Å²) in [4.78, 5) is 12.5. The molecule has 1 unspecified atom stereocenters. The van der Waals surface area contributed by atoms with Gasteiger partial charge in [-0.1, -0.05) is 57.2 Å². The van der Waals surface area contributed by atoms with E-state index in [1.807, 2.05) is 51.1 Å². The number of esters is 1. The second-order valence-electron chi connectivity index (χ2n) is 9.72. The quantitative estimate of drug-likeness (QED) is 0.365. The van der Waals surface area contributed by atoms with Gasteiger partial charge in [-0.15, -0.1) is 0 Å². The van der Waals surface area contributed by atoms with Crippen molar-refractivity contribution in [3.63, 3.8) is 0 Å². The van der Waals surface area contributed by atoms with Gasteiger partial charge in [0.15, 0.2) is 0 Å². The molecule has 0 saturated heterocycles. The predicted molar refractivity (Wildman–Crippen MR) is 126 cm³/mol. The second kappa shape index (κ2) is 10.5. The van der Waals surface area contributed by atoms with Crippen molar-refractivity contribution in [2.45, 2.75) is 58.8 Å². The zero-order valence-corrected chi connectivity index (χ0v) is 20.5. The highest BCUT2D eigenvalue weighted by Crippen LogP contribution is 2.50. The average Bonchev–Trinajstić information content (AvgIpc) is 3.10. The van der Waals surface area contributed by atoms with Gasteiger partial charge in [0.2, 0.25) is 0 Å². The van der Waals surface area contributed by atoms with Gasteiger partial charge in [-0.25, -0.2) is 4.57 Å². The number of hydrogen-bond donors (Lipinski definition) is 3. The Morgan fingerprint density at radius 3 is 2.58 bits per heavy atom. The van der Waals surface area contributed by atoms with Crippen LogP contribution in [0.2, 0.25) is 0 Å². The van der Waals surface area contributed by atoms with Crippen LogP contribution in [-0.4, -0.2) is 47.6 Å². The van der Waals surface area contributed by atoms with Crippen molar-refractivity contribution in [3.8, 4) is 5.75 Å². The lowest BCUT2D eigenvalue weighted by Gasteiger charge is -2.28. The van der Waals surface area contributed by atoms with Crippen LogP contribution in [0.1, 0.15) is 40.5 Å². The Labute approximate surface area is 194 Å². The molecule has 1 aliphatic carbocycles. The molecule has 0 radical (unpaired) electrons. The summed E-state index contributed by atoms with van der Waals surface area (Å²) in [6, 6.07) is 11.9. The lowest BCUT2D eigenvalue weighted by Crippen LogP contribution is -2.38. The Hall–Kier alpha value is -1.96. The van der Waals surface area contributed by atoms with Crippen molar-refractivity contribution in [3.05, 3.63) is 42.5 Å². The number of fused-ring (bicyclic) bond motifs is 1. The molecule has 3 N–H and O–H groups in total. The van der Waals surface area contributed by atoms with Crippen LogP contribution in [0.3, 0.4) is 0 Å². The third kappa shape index (κ3) is 6.78. The molecule has 1 saturated carbocycles. The van der Waals surface area contributed by atoms with E-state index in [0.717, 1.165) is 10.8 Å². The van der Waals surface area contributed by atoms with E-state index in [1.54, 1.807) is 12.1 Å². The smallest absolute Gasteiger partial charge is 0.459 e. The van der Waals surface area contributed by atoms with Crippen molar-refractivity contribution in [2.75, 3.05) is 13.2 Å². The van der Waals surface area contributed by atoms with E-state index >= 15 is 0 Å². The average molecular weight is 480 g/mol. The van der Waals surface area contributed by atoms with E-state index in [4.69, 9.17) is 13.8 Å². The number of rotatable bonds is 9. The Morgan fingerprint density at radius 2 is 1.88 bits per heavy atom. The van der Waals surface area contributed by atoms with Crippen LogP contribution in [-0.2, 0) is 18.6 Å². The minimum absolute atomic E-state index is 0.203. The van der Waals surface area contributed by atoms with Crippen LogP contribution in [0.4, 0.5) is 0 Å². The van der Waals surface area contributed by atoms with Crippen molar-refractivity contribution in [1.29, 1.82) is 0 Å². The molecule has 2 aromatic carbocycles. The largest absolute Gasteiger partial charge is 0.464 e. The Bertz CT molecular complexity index is 1000. The second-order valence-corrected chi connectivity index (χ2v) is 11.4. The maximum absolute atomic E-state index is 13.9. The summed E-state index contributed by atoms with van der Waals surface area (Å²) in [5.74, 6) is -0.849. The van der Waals surface area contributed by atoms with Crippen LogP contribution in [0, 0.1) is 11.3 Å². The topological polar surface area (TPSA) is 114 Å². The Morgan fingerprint density at radius 1 is 1.18 bits per heavy atom. The molecule has 0 amide bonds. The molecule has 3 rings (SSSR count). The maximum Gasteiger partial charge on any atom is 0.459 e. The zero-order valence-electron chi connectivity index (χ0n) is 19.6. The first-order valence-electron chi connectivity index (χ1n) is 11.2. The normalized spacial score (nSPS) is 23.8. The molecule has 8 nitrogen and oxygen atoms in total. The zero-order chi connectivity index (χ0) is 24.2. The molecule has 1 aliphatic rings. The number of aliphatic hydroxyl groups excluding tert-OH is 2. The monoisotopic (exact) mass is 479 g/mol. The molecule has 0 aromatic heterocycles. The molecule has 5 atom stereocenters. The number of carbonyl (C=O) groups is 1. The number of nitrogens with one attached hydrogen (secondary N) is 1. The molecular weight excluding hydrogens is 445 g/mol. The summed E-state index contributed by atoms with van der Waals surface area (Å²) in [6.45, 7) is 7.24. The molecule has 182 valence electrons. The number of carbonyl (C=O) groups excluding carboxylic acids is 1. The molecule has 9 heteroatoms. The maximum atomic E-state index is 13.9. The van der Waals surface area contributed by atoms with Crippen LogP contribution in [0.25, 0.3) is 10.8 Å². The Balaban J connectivity index is 1.85. The van der Waals surface area contributed by atoms with Gasteiger partial charge in [0.05, 0.1) is 25.4 Å². The minimum Gasteiger partial charge on any atom is -0.464 e. The highest BCUT2D eigenvalue weighted by Gasteiger charge is 2.42. The molecule has 0 spiro atoms. The van der Waals surface area contributed by atoms with Crippen LogP contribution >= 0.6 is 7.75 Å². The van der Waals surface area contributed by atoms with Gasteiger partial charge < -0.3 is 19.5 Å². The van der Waals surface area contributed by atoms with E-state index in [1.165, 1.54) is 6.92 Å². The minimum atomic E-state index is -4.12. The predicted octanol–water partition coefficient (Wildman–Crippen LogP) is 4.04. The summed E-state index contributed by atoms with van der Waals surface area (Å²) < 4.78 is 31.1. The van der Waals surface area contributed by atoms with Crippen LogP contribution in [0.5, 0.6) is 5.75 Å². The molecule has 0 aliphatic heterocycles. The van der Waals surface area contributed by atoms with Gasteiger partial charge in [-0.3, -0.25) is 9.32 Å². The summed E-state index contributed by atoms with van der Waals surface area (Å²) >= 11 is 0. The van der Waals surface area contributed by atoms with Crippen molar-refractivity contribution >= 4 is 24.5 Å². The molecule has 0 bridgehead atoms. The fraction of sp³-hybridized carbons (Fsp3) is 0.542. The van der Waals surface area contributed by atoms with Crippen molar-refractivity contribution < 1.29 is 33.4 Å². The van der Waals surface area contributed by atoms with E-state index in [2.05, 4.69) is 5.09 Å². The van der Waals surface area contributed by atoms with Gasteiger partial charge in [-0.2, -0.15) is 5.09 Å². The number of benzene rings is 2. The number of hydrogen-bond acceptors (Lipinski definition) is 7. The first-order chi connectivity index (χ1) is 15.5. The van der Waals surface area contributed by atoms with Gasteiger partial charge >= 0.3 is 13.7 Å². The lowest BCUT2D eigenvalue weighted by molar-refractivity contribution is -0.148. The fourth-order valence-electron chi connectivity index (χ4n) is 3.74. The molecule has 2 aromatic rings. The van der Waals surface area contributed by atoms with Crippen LogP contribution in [0.15, 0.2) is 42.5 Å². The number of aliphatic hydroxyl groups is 2. The van der Waals surface area contributed by atoms with Gasteiger partial charge in [-0.05, 0) is 36.6 Å². The molecule has 0 heterocycles. The standard InChI is InChI=1S/C24H34NO7P/c1-16(23(28)30-15-24(2,3)4)25-33(29,32-22-13-12-20(27)19(22)14-26)31-21-11-7-9-17-8-5-6-10-18(17)21/h5-11,16,19-20,22,26-27H,12-15H2,1-4H3,(H,25,29)/t16-,19+,20-,22+,33?/m0/s1. The van der Waals surface area contributed by atoms with E-state index in [9.17, 15) is 19.6 Å². The van der Waals surface area contributed by atoms with Gasteiger partial charge in [0.1, 0.15) is 11.8 Å². The van der Waals surface area contributed by atoms with E-state index in [0.29, 0.717) is 18.6 Å². The first-order valence-corrected chi connectivity index (χ1v) is 12.7. The summed E-state index contributed by atoms with van der Waals surface area (Å²) in [5.41, 5.74) is -0.219. The van der Waals surface area contributed by atoms with Gasteiger partial charge in [0.25, 0.3) is 0 Å². The summed E-state index contributed by atoms with van der Waals surface area (Å²) in [5, 5.41) is 24.2. The third-order valence-electron chi connectivity index (χ3n) is 5.52. The molecular formula is C24H34NO7P. The molecule has 33 heavy (non-hydrogen) atoms. The van der Waals surface area contributed by atoms with E-state index in [-0.39, 0.29) is 18.6 Å². The van der Waals surface area contributed by atoms with Crippen LogP contribution < -0.4 is 9.61 Å².